The zero-order valence-electron chi connectivity index (χ0n) is 27.7. The van der Waals surface area contributed by atoms with Gasteiger partial charge in [-0.25, -0.2) is 0 Å². The van der Waals surface area contributed by atoms with Crippen molar-refractivity contribution >= 4 is 70.5 Å². The predicted octanol–water partition coefficient (Wildman–Crippen LogP) is 14.4. The van der Waals surface area contributed by atoms with E-state index in [2.05, 4.69) is 187 Å². The van der Waals surface area contributed by atoms with E-state index in [0.717, 1.165) is 55.6 Å². The second-order valence-electron chi connectivity index (χ2n) is 12.9. The topological polar surface area (TPSA) is 16.4 Å². The molecular formula is C48H31NOS. The Morgan fingerprint density at radius 1 is 0.392 bits per heavy atom. The fourth-order valence-corrected chi connectivity index (χ4v) is 8.62. The molecule has 0 saturated heterocycles. The van der Waals surface area contributed by atoms with E-state index in [4.69, 9.17) is 4.42 Å². The van der Waals surface area contributed by atoms with Gasteiger partial charge in [0.1, 0.15) is 11.2 Å². The van der Waals surface area contributed by atoms with Crippen molar-refractivity contribution in [2.45, 2.75) is 0 Å². The molecule has 8 aromatic carbocycles. The number of hydrogen-bond donors (Lipinski definition) is 0. The highest BCUT2D eigenvalue weighted by Crippen LogP contribution is 2.46. The normalized spacial score (nSPS) is 11.5. The van der Waals surface area contributed by atoms with Crippen LogP contribution in [0.2, 0.25) is 0 Å². The fourth-order valence-electron chi connectivity index (χ4n) is 7.42. The number of thiophene rings is 1. The van der Waals surface area contributed by atoms with E-state index in [1.165, 1.54) is 37.0 Å². The van der Waals surface area contributed by atoms with Crippen molar-refractivity contribution in [3.05, 3.63) is 188 Å². The van der Waals surface area contributed by atoms with E-state index in [0.29, 0.717) is 0 Å². The van der Waals surface area contributed by atoms with Crippen LogP contribution < -0.4 is 4.90 Å². The Morgan fingerprint density at radius 3 is 1.86 bits per heavy atom. The second-order valence-corrected chi connectivity index (χ2v) is 14.0. The van der Waals surface area contributed by atoms with Crippen molar-refractivity contribution in [1.29, 1.82) is 0 Å². The highest BCUT2D eigenvalue weighted by Gasteiger charge is 2.19. The molecule has 10 rings (SSSR count). The van der Waals surface area contributed by atoms with Gasteiger partial charge in [-0.1, -0.05) is 140 Å². The molecule has 2 nitrogen and oxygen atoms in total. The first-order valence-corrected chi connectivity index (χ1v) is 18.1. The van der Waals surface area contributed by atoms with Gasteiger partial charge in [-0.3, -0.25) is 0 Å². The van der Waals surface area contributed by atoms with Crippen LogP contribution in [0.3, 0.4) is 0 Å². The Hall–Kier alpha value is -6.42. The summed E-state index contributed by atoms with van der Waals surface area (Å²) in [5, 5.41) is 4.83. The van der Waals surface area contributed by atoms with Gasteiger partial charge in [-0.15, -0.1) is 11.3 Å². The maximum atomic E-state index is 6.47. The SMILES string of the molecule is c1ccc(-c2cccc(N(c3ccc(-c4ccc5oc6c(-c7ccccc7)cccc6c5c4)cc3)c3cccc4c3sc3ccccc34)c2)cc1. The van der Waals surface area contributed by atoms with Gasteiger partial charge < -0.3 is 9.32 Å². The molecule has 0 aliphatic carbocycles. The van der Waals surface area contributed by atoms with E-state index in [1.807, 2.05) is 17.4 Å². The molecule has 240 valence electrons. The lowest BCUT2D eigenvalue weighted by Crippen LogP contribution is -2.10. The summed E-state index contributed by atoms with van der Waals surface area (Å²) in [4.78, 5) is 2.41. The summed E-state index contributed by atoms with van der Waals surface area (Å²) in [6.45, 7) is 0. The Bertz CT molecular complexity index is 2850. The van der Waals surface area contributed by atoms with Crippen LogP contribution >= 0.6 is 11.3 Å². The van der Waals surface area contributed by atoms with Gasteiger partial charge in [0.25, 0.3) is 0 Å². The van der Waals surface area contributed by atoms with Crippen LogP contribution in [0.15, 0.2) is 192 Å². The molecule has 2 aromatic heterocycles. The number of nitrogens with zero attached hydrogens (tertiary/aromatic N) is 1. The molecule has 0 atom stereocenters. The Balaban J connectivity index is 1.09. The van der Waals surface area contributed by atoms with Gasteiger partial charge in [-0.05, 0) is 76.3 Å². The van der Waals surface area contributed by atoms with Crippen LogP contribution in [-0.2, 0) is 0 Å². The number of fused-ring (bicyclic) bond motifs is 6. The molecule has 0 aliphatic rings. The third-order valence-corrected chi connectivity index (χ3v) is 11.1. The van der Waals surface area contributed by atoms with Crippen molar-refractivity contribution in [1.82, 2.24) is 0 Å². The lowest BCUT2D eigenvalue weighted by molar-refractivity contribution is 0.670. The van der Waals surface area contributed by atoms with Gasteiger partial charge in [0, 0.05) is 43.2 Å². The van der Waals surface area contributed by atoms with Crippen LogP contribution in [0.4, 0.5) is 17.1 Å². The quantitative estimate of drug-likeness (QED) is 0.175. The molecule has 0 bridgehead atoms. The first kappa shape index (κ1) is 29.5. The number of para-hydroxylation sites is 1. The third kappa shape index (κ3) is 5.10. The summed E-state index contributed by atoms with van der Waals surface area (Å²) < 4.78 is 9.05. The van der Waals surface area contributed by atoms with Gasteiger partial charge in [0.05, 0.1) is 10.4 Å². The summed E-state index contributed by atoms with van der Waals surface area (Å²) in [5.74, 6) is 0. The maximum absolute atomic E-state index is 6.47. The molecule has 0 fully saturated rings. The molecule has 3 heteroatoms. The molecule has 0 amide bonds. The molecule has 0 aliphatic heterocycles. The average Bonchev–Trinajstić information content (AvgIpc) is 3.78. The molecule has 0 unspecified atom stereocenters. The summed E-state index contributed by atoms with van der Waals surface area (Å²) in [6, 6.07) is 67.3. The Morgan fingerprint density at radius 2 is 1.02 bits per heavy atom. The average molecular weight is 670 g/mol. The van der Waals surface area contributed by atoms with Crippen molar-refractivity contribution in [3.63, 3.8) is 0 Å². The first-order chi connectivity index (χ1) is 25.3. The first-order valence-electron chi connectivity index (χ1n) is 17.3. The Kier molecular flexibility index (Phi) is 7.04. The second kappa shape index (κ2) is 12.2. The minimum atomic E-state index is 0.898. The molecule has 2 heterocycles. The van der Waals surface area contributed by atoms with Gasteiger partial charge >= 0.3 is 0 Å². The van der Waals surface area contributed by atoms with E-state index >= 15 is 0 Å². The Labute approximate surface area is 300 Å². The number of furan rings is 1. The molecule has 0 spiro atoms. The van der Waals surface area contributed by atoms with E-state index in [1.54, 1.807) is 0 Å². The predicted molar refractivity (Wildman–Crippen MR) is 218 cm³/mol. The van der Waals surface area contributed by atoms with Gasteiger partial charge in [-0.2, -0.15) is 0 Å². The van der Waals surface area contributed by atoms with Crippen LogP contribution in [-0.4, -0.2) is 0 Å². The maximum Gasteiger partial charge on any atom is 0.143 e. The highest BCUT2D eigenvalue weighted by molar-refractivity contribution is 7.26. The summed E-state index contributed by atoms with van der Waals surface area (Å²) in [6.07, 6.45) is 0. The summed E-state index contributed by atoms with van der Waals surface area (Å²) >= 11 is 1.86. The van der Waals surface area contributed by atoms with Crippen molar-refractivity contribution < 1.29 is 4.42 Å². The zero-order chi connectivity index (χ0) is 33.7. The summed E-state index contributed by atoms with van der Waals surface area (Å²) in [5.41, 5.74) is 12.2. The van der Waals surface area contributed by atoms with Gasteiger partial charge in [0.2, 0.25) is 0 Å². The van der Waals surface area contributed by atoms with E-state index in [-0.39, 0.29) is 0 Å². The van der Waals surface area contributed by atoms with Crippen LogP contribution in [0.5, 0.6) is 0 Å². The molecular weight excluding hydrogens is 639 g/mol. The molecule has 10 aromatic rings. The van der Waals surface area contributed by atoms with Crippen LogP contribution in [0.25, 0.3) is 75.5 Å². The smallest absolute Gasteiger partial charge is 0.143 e. The minimum Gasteiger partial charge on any atom is -0.455 e. The monoisotopic (exact) mass is 669 g/mol. The minimum absolute atomic E-state index is 0.898. The highest BCUT2D eigenvalue weighted by atomic mass is 32.1. The molecule has 0 radical (unpaired) electrons. The molecule has 51 heavy (non-hydrogen) atoms. The zero-order valence-corrected chi connectivity index (χ0v) is 28.5. The van der Waals surface area contributed by atoms with Crippen molar-refractivity contribution in [2.24, 2.45) is 0 Å². The summed E-state index contributed by atoms with van der Waals surface area (Å²) in [7, 11) is 0. The van der Waals surface area contributed by atoms with Crippen LogP contribution in [0.1, 0.15) is 0 Å². The lowest BCUT2D eigenvalue weighted by Gasteiger charge is -2.27. The van der Waals surface area contributed by atoms with Crippen molar-refractivity contribution in [3.8, 4) is 33.4 Å². The largest absolute Gasteiger partial charge is 0.455 e. The van der Waals surface area contributed by atoms with Crippen molar-refractivity contribution in [2.75, 3.05) is 4.90 Å². The number of benzene rings is 8. The van der Waals surface area contributed by atoms with E-state index in [9.17, 15) is 0 Å². The van der Waals surface area contributed by atoms with E-state index < -0.39 is 0 Å². The lowest BCUT2D eigenvalue weighted by atomic mass is 10.00. The standard InChI is InChI=1S/C48H31NOS/c1-3-12-32(13-4-1)35-16-9-17-38(30-35)49(44-22-11-21-42-40-18-7-8-23-46(40)51-48(42)44)37-27-24-33(25-28-37)36-26-29-45-43(31-36)41-20-10-19-39(47(41)50-45)34-14-5-2-6-15-34/h1-31H. The molecule has 0 N–H and O–H groups in total. The van der Waals surface area contributed by atoms with Gasteiger partial charge in [0.15, 0.2) is 0 Å². The van der Waals surface area contributed by atoms with Crippen LogP contribution in [0, 0.1) is 0 Å². The third-order valence-electron chi connectivity index (χ3n) is 9.88. The molecule has 0 saturated carbocycles. The number of rotatable bonds is 6. The number of hydrogen-bond acceptors (Lipinski definition) is 3. The number of anilines is 3. The fraction of sp³-hybridized carbons (Fsp3) is 0.